The predicted octanol–water partition coefficient (Wildman–Crippen LogP) is -0.541. The number of carbonyl (C=O) groups excluding carboxylic acids is 1. The van der Waals surface area contributed by atoms with Crippen LogP contribution < -0.4 is 11.1 Å². The van der Waals surface area contributed by atoms with E-state index in [0.29, 0.717) is 0 Å². The number of primary amides is 1. The number of nitrogens with zero attached hydrogens (tertiary/aromatic N) is 1. The number of hydrogen-bond donors (Lipinski definition) is 4. The lowest BCUT2D eigenvalue weighted by Gasteiger charge is -2.11. The Balaban J connectivity index is 3.00. The van der Waals surface area contributed by atoms with Gasteiger partial charge in [-0.15, -0.1) is 0 Å². The fourth-order valence-corrected chi connectivity index (χ4v) is 1.28. The summed E-state index contributed by atoms with van der Waals surface area (Å²) in [6.45, 7) is -0.560. The number of aliphatic hydroxyl groups excluding tert-OH is 2. The van der Waals surface area contributed by atoms with E-state index in [0.717, 1.165) is 6.07 Å². The standard InChI is InChI=1S/C10H13N3O5/c11-10(16)6-1-2-9(13(17)18)8(3-6)12-4-7(15)5-14/h1-3,7,12,14-15H,4-5H2,(H2,11,16). The summed E-state index contributed by atoms with van der Waals surface area (Å²) in [5.41, 5.74) is 4.99. The number of anilines is 1. The molecular formula is C10H13N3O5. The molecule has 0 radical (unpaired) electrons. The van der Waals surface area contributed by atoms with Gasteiger partial charge >= 0.3 is 0 Å². The molecule has 0 saturated carbocycles. The number of rotatable bonds is 6. The summed E-state index contributed by atoms with van der Waals surface area (Å²) in [6, 6.07) is 3.62. The zero-order valence-electron chi connectivity index (χ0n) is 9.37. The summed E-state index contributed by atoms with van der Waals surface area (Å²) in [7, 11) is 0. The maximum absolute atomic E-state index is 11.0. The molecule has 0 aliphatic rings. The summed E-state index contributed by atoms with van der Waals surface area (Å²) >= 11 is 0. The average molecular weight is 255 g/mol. The number of nitro groups is 1. The maximum atomic E-state index is 11.0. The number of nitrogens with one attached hydrogen (secondary N) is 1. The Kier molecular flexibility index (Phi) is 4.58. The Morgan fingerprint density at radius 3 is 2.72 bits per heavy atom. The van der Waals surface area contributed by atoms with Crippen LogP contribution in [0.3, 0.4) is 0 Å². The van der Waals surface area contributed by atoms with E-state index in [2.05, 4.69) is 5.32 Å². The molecule has 0 heterocycles. The molecule has 98 valence electrons. The Morgan fingerprint density at radius 1 is 1.56 bits per heavy atom. The van der Waals surface area contributed by atoms with E-state index < -0.39 is 23.5 Å². The molecule has 1 amide bonds. The van der Waals surface area contributed by atoms with Gasteiger partial charge in [0.05, 0.1) is 17.6 Å². The van der Waals surface area contributed by atoms with Gasteiger partial charge in [-0.25, -0.2) is 0 Å². The maximum Gasteiger partial charge on any atom is 0.292 e. The second kappa shape index (κ2) is 5.94. The van der Waals surface area contributed by atoms with Gasteiger partial charge in [0.25, 0.3) is 5.69 Å². The van der Waals surface area contributed by atoms with Crippen molar-refractivity contribution in [3.8, 4) is 0 Å². The van der Waals surface area contributed by atoms with Crippen LogP contribution in [0, 0.1) is 10.1 Å². The quantitative estimate of drug-likeness (QED) is 0.397. The minimum atomic E-state index is -1.05. The molecule has 0 fully saturated rings. The molecule has 0 saturated heterocycles. The van der Waals surface area contributed by atoms with Crippen molar-refractivity contribution in [1.82, 2.24) is 0 Å². The van der Waals surface area contributed by atoms with E-state index in [1.54, 1.807) is 0 Å². The summed E-state index contributed by atoms with van der Waals surface area (Å²) < 4.78 is 0. The molecule has 1 atom stereocenters. The first-order valence-corrected chi connectivity index (χ1v) is 5.06. The Bertz CT molecular complexity index is 463. The topological polar surface area (TPSA) is 139 Å². The minimum absolute atomic E-state index is 0.0591. The largest absolute Gasteiger partial charge is 0.394 e. The van der Waals surface area contributed by atoms with Crippen LogP contribution >= 0.6 is 0 Å². The van der Waals surface area contributed by atoms with E-state index in [9.17, 15) is 14.9 Å². The zero-order valence-corrected chi connectivity index (χ0v) is 9.37. The molecule has 0 aliphatic heterocycles. The van der Waals surface area contributed by atoms with Crippen molar-refractivity contribution >= 4 is 17.3 Å². The molecule has 1 rings (SSSR count). The summed E-state index contributed by atoms with van der Waals surface area (Å²) in [5, 5.41) is 31.1. The number of aliphatic hydroxyl groups is 2. The van der Waals surface area contributed by atoms with E-state index in [4.69, 9.17) is 15.9 Å². The third-order valence-corrected chi connectivity index (χ3v) is 2.22. The van der Waals surface area contributed by atoms with Gasteiger partial charge in [0.15, 0.2) is 0 Å². The SMILES string of the molecule is NC(=O)c1ccc([N+](=O)[O-])c(NCC(O)CO)c1. The summed E-state index contributed by atoms with van der Waals surface area (Å²) in [5.74, 6) is -0.712. The van der Waals surface area contributed by atoms with Crippen molar-refractivity contribution in [3.63, 3.8) is 0 Å². The molecule has 8 heteroatoms. The normalized spacial score (nSPS) is 11.9. The third kappa shape index (κ3) is 3.40. The number of nitro benzene ring substituents is 1. The summed E-state index contributed by atoms with van der Waals surface area (Å²) in [4.78, 5) is 21.1. The molecular weight excluding hydrogens is 242 g/mol. The van der Waals surface area contributed by atoms with Crippen LogP contribution in [-0.4, -0.2) is 40.3 Å². The van der Waals surface area contributed by atoms with Crippen molar-refractivity contribution in [3.05, 3.63) is 33.9 Å². The second-order valence-electron chi connectivity index (χ2n) is 3.57. The first-order chi connectivity index (χ1) is 8.45. The van der Waals surface area contributed by atoms with Crippen LogP contribution in [0.5, 0.6) is 0 Å². The molecule has 0 aliphatic carbocycles. The zero-order chi connectivity index (χ0) is 13.7. The number of amides is 1. The monoisotopic (exact) mass is 255 g/mol. The lowest BCUT2D eigenvalue weighted by atomic mass is 10.1. The van der Waals surface area contributed by atoms with Crippen LogP contribution in [0.15, 0.2) is 18.2 Å². The van der Waals surface area contributed by atoms with E-state index >= 15 is 0 Å². The minimum Gasteiger partial charge on any atom is -0.394 e. The number of hydrogen-bond acceptors (Lipinski definition) is 6. The second-order valence-corrected chi connectivity index (χ2v) is 3.57. The van der Waals surface area contributed by atoms with E-state index in [-0.39, 0.29) is 23.5 Å². The van der Waals surface area contributed by atoms with Gasteiger partial charge in [-0.2, -0.15) is 0 Å². The van der Waals surface area contributed by atoms with Gasteiger partial charge in [-0.3, -0.25) is 14.9 Å². The van der Waals surface area contributed by atoms with Crippen LogP contribution in [0.4, 0.5) is 11.4 Å². The first kappa shape index (κ1) is 13.9. The number of carbonyl (C=O) groups is 1. The van der Waals surface area contributed by atoms with Gasteiger partial charge in [0.2, 0.25) is 5.91 Å². The van der Waals surface area contributed by atoms with Gasteiger partial charge < -0.3 is 21.3 Å². The molecule has 0 aromatic heterocycles. The Labute approximate surface area is 102 Å². The first-order valence-electron chi connectivity index (χ1n) is 5.06. The Morgan fingerprint density at radius 2 is 2.22 bits per heavy atom. The third-order valence-electron chi connectivity index (χ3n) is 2.22. The van der Waals surface area contributed by atoms with E-state index in [1.807, 2.05) is 0 Å². The van der Waals surface area contributed by atoms with Crippen molar-refractivity contribution < 1.29 is 19.9 Å². The smallest absolute Gasteiger partial charge is 0.292 e. The predicted molar refractivity (Wildman–Crippen MR) is 63.2 cm³/mol. The van der Waals surface area contributed by atoms with Crippen molar-refractivity contribution in [2.24, 2.45) is 5.73 Å². The van der Waals surface area contributed by atoms with Crippen LogP contribution in [0.25, 0.3) is 0 Å². The molecule has 1 aromatic carbocycles. The van der Waals surface area contributed by atoms with Crippen molar-refractivity contribution in [2.45, 2.75) is 6.10 Å². The highest BCUT2D eigenvalue weighted by atomic mass is 16.6. The van der Waals surface area contributed by atoms with E-state index in [1.165, 1.54) is 12.1 Å². The highest BCUT2D eigenvalue weighted by Gasteiger charge is 2.16. The fourth-order valence-electron chi connectivity index (χ4n) is 1.28. The molecule has 1 aromatic rings. The van der Waals surface area contributed by atoms with Crippen LogP contribution in [0.2, 0.25) is 0 Å². The highest BCUT2D eigenvalue weighted by molar-refractivity contribution is 5.94. The fraction of sp³-hybridized carbons (Fsp3) is 0.300. The van der Waals surface area contributed by atoms with Gasteiger partial charge in [0.1, 0.15) is 5.69 Å². The average Bonchev–Trinajstić information content (AvgIpc) is 2.35. The van der Waals surface area contributed by atoms with Crippen LogP contribution in [-0.2, 0) is 0 Å². The highest BCUT2D eigenvalue weighted by Crippen LogP contribution is 2.25. The molecule has 0 spiro atoms. The summed E-state index contributed by atoms with van der Waals surface area (Å²) in [6.07, 6.45) is -1.05. The molecule has 1 unspecified atom stereocenters. The molecule has 0 bridgehead atoms. The lowest BCUT2D eigenvalue weighted by Crippen LogP contribution is -2.23. The van der Waals surface area contributed by atoms with Gasteiger partial charge in [-0.1, -0.05) is 0 Å². The Hall–Kier alpha value is -2.19. The van der Waals surface area contributed by atoms with Gasteiger partial charge in [0, 0.05) is 18.2 Å². The van der Waals surface area contributed by atoms with Crippen molar-refractivity contribution in [1.29, 1.82) is 0 Å². The molecule has 18 heavy (non-hydrogen) atoms. The molecule has 8 nitrogen and oxygen atoms in total. The van der Waals surface area contributed by atoms with Gasteiger partial charge in [-0.05, 0) is 12.1 Å². The van der Waals surface area contributed by atoms with Crippen LogP contribution in [0.1, 0.15) is 10.4 Å². The number of benzene rings is 1. The number of nitrogens with two attached hydrogens (primary N) is 1. The van der Waals surface area contributed by atoms with Crippen molar-refractivity contribution in [2.75, 3.05) is 18.5 Å². The lowest BCUT2D eigenvalue weighted by molar-refractivity contribution is -0.384. The molecule has 5 N–H and O–H groups in total.